The summed E-state index contributed by atoms with van der Waals surface area (Å²) in [6.07, 6.45) is -2.20. The maximum absolute atomic E-state index is 12.5. The number of rotatable bonds is 4. The van der Waals surface area contributed by atoms with Crippen LogP contribution in [0, 0.1) is 0 Å². The molecule has 2 aromatic heterocycles. The summed E-state index contributed by atoms with van der Waals surface area (Å²) in [5.41, 5.74) is 0.646. The van der Waals surface area contributed by atoms with Gasteiger partial charge in [0.05, 0.1) is 17.1 Å². The number of hydrogen-bond acceptors (Lipinski definition) is 4. The molecule has 9 heteroatoms. The molecule has 5 nitrogen and oxygen atoms in total. The van der Waals surface area contributed by atoms with Gasteiger partial charge < -0.3 is 5.32 Å². The second-order valence-corrected chi connectivity index (χ2v) is 5.18. The molecule has 2 heterocycles. The average Bonchev–Trinajstić information content (AvgIpc) is 2.95. The molecule has 0 aliphatic rings. The Morgan fingerprint density at radius 3 is 2.57 bits per heavy atom. The second-order valence-electron chi connectivity index (χ2n) is 4.84. The molecule has 23 heavy (non-hydrogen) atoms. The van der Waals surface area contributed by atoms with Gasteiger partial charge in [0.15, 0.2) is 5.65 Å². The van der Waals surface area contributed by atoms with Crippen LogP contribution in [0.1, 0.15) is 11.1 Å². The minimum absolute atomic E-state index is 0.0822. The summed E-state index contributed by atoms with van der Waals surface area (Å²) < 4.78 is 37.5. The van der Waals surface area contributed by atoms with Crippen LogP contribution in [0.5, 0.6) is 0 Å². The Bertz CT molecular complexity index is 813. The first kappa shape index (κ1) is 15.5. The summed E-state index contributed by atoms with van der Waals surface area (Å²) in [4.78, 5) is 8.07. The predicted molar refractivity (Wildman–Crippen MR) is 80.3 cm³/mol. The zero-order valence-electron chi connectivity index (χ0n) is 11.7. The molecule has 2 N–H and O–H groups in total. The van der Waals surface area contributed by atoms with E-state index in [1.807, 2.05) is 0 Å². The fourth-order valence-electron chi connectivity index (χ4n) is 2.13. The van der Waals surface area contributed by atoms with Crippen molar-refractivity contribution in [1.29, 1.82) is 0 Å². The summed E-state index contributed by atoms with van der Waals surface area (Å²) in [5, 5.41) is 10.4. The molecule has 0 amide bonds. The van der Waals surface area contributed by atoms with Crippen LogP contribution >= 0.6 is 11.6 Å². The summed E-state index contributed by atoms with van der Waals surface area (Å²) in [6, 6.07) is 5.08. The third kappa shape index (κ3) is 3.53. The first-order valence-corrected chi connectivity index (χ1v) is 7.08. The average molecular weight is 342 g/mol. The molecule has 0 bridgehead atoms. The van der Waals surface area contributed by atoms with Gasteiger partial charge in [0.25, 0.3) is 0 Å². The quantitative estimate of drug-likeness (QED) is 0.710. The first-order chi connectivity index (χ1) is 10.9. The zero-order valence-corrected chi connectivity index (χ0v) is 12.4. The molecule has 1 aromatic carbocycles. The molecule has 0 spiro atoms. The Morgan fingerprint density at radius 2 is 1.87 bits per heavy atom. The minimum Gasteiger partial charge on any atom is -0.369 e. The number of halogens is 4. The van der Waals surface area contributed by atoms with Gasteiger partial charge in [-0.25, -0.2) is 0 Å². The summed E-state index contributed by atoms with van der Waals surface area (Å²) in [5.74, 6) is 0.528. The van der Waals surface area contributed by atoms with Crippen LogP contribution in [0.3, 0.4) is 0 Å². The lowest BCUT2D eigenvalue weighted by Gasteiger charge is -2.09. The molecule has 3 aromatic rings. The number of nitrogens with zero attached hydrogens (tertiary/aromatic N) is 3. The third-order valence-corrected chi connectivity index (χ3v) is 3.44. The van der Waals surface area contributed by atoms with Crippen molar-refractivity contribution in [2.45, 2.75) is 12.6 Å². The monoisotopic (exact) mass is 341 g/mol. The van der Waals surface area contributed by atoms with Crippen molar-refractivity contribution in [3.05, 3.63) is 46.9 Å². The summed E-state index contributed by atoms with van der Waals surface area (Å²) >= 11 is 5.82. The van der Waals surface area contributed by atoms with Crippen molar-refractivity contribution in [2.75, 3.05) is 11.9 Å². The second kappa shape index (κ2) is 6.04. The van der Waals surface area contributed by atoms with Gasteiger partial charge >= 0.3 is 6.18 Å². The van der Waals surface area contributed by atoms with E-state index in [0.717, 1.165) is 17.7 Å². The fourth-order valence-corrected chi connectivity index (χ4v) is 2.30. The van der Waals surface area contributed by atoms with E-state index in [2.05, 4.69) is 25.5 Å². The predicted octanol–water partition coefficient (Wildman–Crippen LogP) is 3.68. The Kier molecular flexibility index (Phi) is 4.08. The van der Waals surface area contributed by atoms with Crippen molar-refractivity contribution >= 4 is 28.5 Å². The van der Waals surface area contributed by atoms with Crippen LogP contribution in [0.25, 0.3) is 11.0 Å². The molecular formula is C14H11ClF3N5. The van der Waals surface area contributed by atoms with E-state index in [1.54, 1.807) is 6.20 Å². The van der Waals surface area contributed by atoms with Crippen LogP contribution in [0.4, 0.5) is 19.0 Å². The highest BCUT2D eigenvalue weighted by molar-refractivity contribution is 6.28. The largest absolute Gasteiger partial charge is 0.416 e. The van der Waals surface area contributed by atoms with Crippen molar-refractivity contribution in [3.63, 3.8) is 0 Å². The normalized spacial score (nSPS) is 11.8. The van der Waals surface area contributed by atoms with Gasteiger partial charge in [-0.05, 0) is 35.7 Å². The molecule has 0 aliphatic heterocycles. The maximum Gasteiger partial charge on any atom is 0.416 e. The van der Waals surface area contributed by atoms with Crippen LogP contribution in [0.2, 0.25) is 5.28 Å². The van der Waals surface area contributed by atoms with Crippen LogP contribution in [0.15, 0.2) is 30.5 Å². The van der Waals surface area contributed by atoms with Crippen LogP contribution < -0.4 is 5.32 Å². The van der Waals surface area contributed by atoms with E-state index in [4.69, 9.17) is 11.6 Å². The van der Waals surface area contributed by atoms with E-state index in [1.165, 1.54) is 12.1 Å². The van der Waals surface area contributed by atoms with Crippen molar-refractivity contribution < 1.29 is 13.2 Å². The number of aromatic amines is 1. The Morgan fingerprint density at radius 1 is 1.13 bits per heavy atom. The number of hydrogen-bond donors (Lipinski definition) is 2. The van der Waals surface area contributed by atoms with Gasteiger partial charge in [-0.15, -0.1) is 0 Å². The molecular weight excluding hydrogens is 331 g/mol. The molecule has 0 fully saturated rings. The van der Waals surface area contributed by atoms with Gasteiger partial charge in [0.2, 0.25) is 5.28 Å². The number of fused-ring (bicyclic) bond motifs is 1. The SMILES string of the molecule is FC(F)(F)c1ccc(CCNc2nc(Cl)nc3[nH]ncc23)cc1. The number of H-pyrrole nitrogens is 1. The van der Waals surface area contributed by atoms with E-state index in [9.17, 15) is 13.2 Å². The smallest absolute Gasteiger partial charge is 0.369 e. The Balaban J connectivity index is 1.66. The highest BCUT2D eigenvalue weighted by Crippen LogP contribution is 2.29. The standard InChI is InChI=1S/C14H11ClF3N5/c15-13-21-11(10-7-20-23-12(10)22-13)19-6-5-8-1-3-9(4-2-8)14(16,17)18/h1-4,7H,5-6H2,(H2,19,20,21,22,23). The molecule has 0 unspecified atom stereocenters. The third-order valence-electron chi connectivity index (χ3n) is 3.27. The van der Waals surface area contributed by atoms with Crippen molar-refractivity contribution in [3.8, 4) is 0 Å². The van der Waals surface area contributed by atoms with E-state index < -0.39 is 11.7 Å². The number of aromatic nitrogens is 4. The fraction of sp³-hybridized carbons (Fsp3) is 0.214. The molecule has 120 valence electrons. The van der Waals surface area contributed by atoms with E-state index in [-0.39, 0.29) is 5.28 Å². The molecule has 0 radical (unpaired) electrons. The number of nitrogens with one attached hydrogen (secondary N) is 2. The Labute approximate surface area is 133 Å². The zero-order chi connectivity index (χ0) is 16.4. The minimum atomic E-state index is -4.32. The summed E-state index contributed by atoms with van der Waals surface area (Å²) in [6.45, 7) is 0.485. The van der Waals surface area contributed by atoms with Crippen LogP contribution in [-0.2, 0) is 12.6 Å². The van der Waals surface area contributed by atoms with Gasteiger partial charge in [-0.1, -0.05) is 12.1 Å². The molecule has 3 rings (SSSR count). The van der Waals surface area contributed by atoms with Gasteiger partial charge in [-0.3, -0.25) is 5.10 Å². The Hall–Kier alpha value is -2.35. The van der Waals surface area contributed by atoms with Gasteiger partial charge in [0.1, 0.15) is 5.82 Å². The van der Waals surface area contributed by atoms with Gasteiger partial charge in [0, 0.05) is 6.54 Å². The number of benzene rings is 1. The van der Waals surface area contributed by atoms with Gasteiger partial charge in [-0.2, -0.15) is 28.2 Å². The van der Waals surface area contributed by atoms with E-state index in [0.29, 0.717) is 29.8 Å². The number of alkyl halides is 3. The van der Waals surface area contributed by atoms with E-state index >= 15 is 0 Å². The van der Waals surface area contributed by atoms with Crippen LogP contribution in [-0.4, -0.2) is 26.7 Å². The maximum atomic E-state index is 12.5. The molecule has 0 saturated carbocycles. The summed E-state index contributed by atoms with van der Waals surface area (Å²) in [7, 11) is 0. The highest BCUT2D eigenvalue weighted by atomic mass is 35.5. The topological polar surface area (TPSA) is 66.5 Å². The highest BCUT2D eigenvalue weighted by Gasteiger charge is 2.29. The first-order valence-electron chi connectivity index (χ1n) is 6.70. The lowest BCUT2D eigenvalue weighted by Crippen LogP contribution is -2.08. The van der Waals surface area contributed by atoms with Crippen molar-refractivity contribution in [2.24, 2.45) is 0 Å². The molecule has 0 aliphatic carbocycles. The number of anilines is 1. The molecule has 0 saturated heterocycles. The molecule has 0 atom stereocenters. The lowest BCUT2D eigenvalue weighted by atomic mass is 10.1. The lowest BCUT2D eigenvalue weighted by molar-refractivity contribution is -0.137. The van der Waals surface area contributed by atoms with Crippen molar-refractivity contribution in [1.82, 2.24) is 20.2 Å².